The smallest absolute Gasteiger partial charge is 0.235 e. The van der Waals surface area contributed by atoms with Gasteiger partial charge < -0.3 is 0 Å². The maximum atomic E-state index is 12.5. The lowest BCUT2D eigenvalue weighted by Crippen LogP contribution is -1.96. The van der Waals surface area contributed by atoms with Crippen LogP contribution in [-0.2, 0) is 0 Å². The van der Waals surface area contributed by atoms with Crippen LogP contribution in [0.15, 0.2) is 18.2 Å². The Morgan fingerprint density at radius 3 is 2.17 bits per heavy atom. The number of ketones is 1. The molecule has 0 bridgehead atoms. The zero-order chi connectivity index (χ0) is 9.14. The van der Waals surface area contributed by atoms with Gasteiger partial charge >= 0.3 is 0 Å². The first-order valence-corrected chi connectivity index (χ1v) is 3.10. The van der Waals surface area contributed by atoms with Gasteiger partial charge in [-0.25, -0.2) is 8.78 Å². The number of halogens is 2. The van der Waals surface area contributed by atoms with Gasteiger partial charge in [-0.1, -0.05) is 0 Å². The molecule has 0 atom stereocenters. The number of carbonyl (C=O) groups excluding carboxylic acids is 1. The first-order valence-electron chi connectivity index (χ1n) is 3.10. The Balaban J connectivity index is 3.19. The quantitative estimate of drug-likeness (QED) is 0.353. The van der Waals surface area contributed by atoms with E-state index in [4.69, 9.17) is 6.42 Å². The highest BCUT2D eigenvalue weighted by molar-refractivity contribution is 6.08. The molecule has 0 aromatic heterocycles. The van der Waals surface area contributed by atoms with Crippen molar-refractivity contribution in [2.45, 2.75) is 0 Å². The van der Waals surface area contributed by atoms with Crippen molar-refractivity contribution in [3.63, 3.8) is 0 Å². The highest BCUT2D eigenvalue weighted by Gasteiger charge is 2.05. The Morgan fingerprint density at radius 2 is 1.75 bits per heavy atom. The van der Waals surface area contributed by atoms with E-state index in [1.165, 1.54) is 0 Å². The van der Waals surface area contributed by atoms with Crippen LogP contribution in [-0.4, -0.2) is 5.78 Å². The van der Waals surface area contributed by atoms with Gasteiger partial charge in [0, 0.05) is 11.6 Å². The zero-order valence-electron chi connectivity index (χ0n) is 5.97. The molecule has 0 spiro atoms. The van der Waals surface area contributed by atoms with Crippen LogP contribution in [0.5, 0.6) is 0 Å². The van der Waals surface area contributed by atoms with Gasteiger partial charge in [0.25, 0.3) is 0 Å². The fraction of sp³-hybridized carbons (Fsp3) is 0. The summed E-state index contributed by atoms with van der Waals surface area (Å²) in [6.07, 6.45) is 4.76. The molecule has 0 saturated heterocycles. The molecule has 1 nitrogen and oxygen atoms in total. The topological polar surface area (TPSA) is 17.1 Å². The first-order chi connectivity index (χ1) is 5.63. The first kappa shape index (κ1) is 8.41. The Kier molecular flexibility index (Phi) is 2.20. The maximum Gasteiger partial charge on any atom is 0.235 e. The summed E-state index contributed by atoms with van der Waals surface area (Å²) >= 11 is 0. The number of hydrogen-bond donors (Lipinski definition) is 0. The van der Waals surface area contributed by atoms with Gasteiger partial charge in [0.15, 0.2) is 0 Å². The highest BCUT2D eigenvalue weighted by atomic mass is 19.1. The molecule has 0 fully saturated rings. The third kappa shape index (κ3) is 1.67. The molecule has 0 N–H and O–H groups in total. The normalized spacial score (nSPS) is 9.08. The minimum Gasteiger partial charge on any atom is -0.279 e. The van der Waals surface area contributed by atoms with E-state index < -0.39 is 17.4 Å². The van der Waals surface area contributed by atoms with Gasteiger partial charge in [-0.3, -0.25) is 4.79 Å². The minimum absolute atomic E-state index is 0.144. The molecule has 0 aliphatic carbocycles. The summed E-state index contributed by atoms with van der Waals surface area (Å²) in [5, 5.41) is 0. The van der Waals surface area contributed by atoms with Crippen molar-refractivity contribution in [3.05, 3.63) is 35.4 Å². The van der Waals surface area contributed by atoms with Gasteiger partial charge in [-0.15, -0.1) is 6.42 Å². The molecule has 0 unspecified atom stereocenters. The average Bonchev–Trinajstić information content (AvgIpc) is 2.01. The van der Waals surface area contributed by atoms with Crippen molar-refractivity contribution in [1.29, 1.82) is 0 Å². The SMILES string of the molecule is C#CC(=O)c1cc(F)cc(F)c1. The van der Waals surface area contributed by atoms with Crippen LogP contribution in [0.25, 0.3) is 0 Å². The van der Waals surface area contributed by atoms with E-state index in [0.29, 0.717) is 6.07 Å². The van der Waals surface area contributed by atoms with Crippen molar-refractivity contribution in [3.8, 4) is 12.3 Å². The van der Waals surface area contributed by atoms with Gasteiger partial charge in [0.1, 0.15) is 11.6 Å². The van der Waals surface area contributed by atoms with E-state index in [0.717, 1.165) is 12.1 Å². The molecule has 0 amide bonds. The van der Waals surface area contributed by atoms with Crippen molar-refractivity contribution >= 4 is 5.78 Å². The molecule has 0 radical (unpaired) electrons. The Morgan fingerprint density at radius 1 is 1.25 bits per heavy atom. The van der Waals surface area contributed by atoms with Gasteiger partial charge in [0.05, 0.1) is 0 Å². The standard InChI is InChI=1S/C9H4F2O/c1-2-9(12)6-3-7(10)5-8(11)4-6/h1,3-5H. The number of carbonyl (C=O) groups is 1. The van der Waals surface area contributed by atoms with Gasteiger partial charge in [0.2, 0.25) is 5.78 Å². The molecule has 12 heavy (non-hydrogen) atoms. The molecule has 0 heterocycles. The molecular formula is C9H4F2O. The summed E-state index contributed by atoms with van der Waals surface area (Å²) in [6, 6.07) is 2.46. The second-order valence-electron chi connectivity index (χ2n) is 2.13. The Bertz CT molecular complexity index is 343. The molecule has 1 aromatic rings. The minimum atomic E-state index is -0.811. The Labute approximate surface area is 68.0 Å². The van der Waals surface area contributed by atoms with Crippen molar-refractivity contribution < 1.29 is 13.6 Å². The molecular weight excluding hydrogens is 162 g/mol. The van der Waals surface area contributed by atoms with E-state index in [9.17, 15) is 13.6 Å². The molecule has 1 rings (SSSR count). The van der Waals surface area contributed by atoms with Crippen molar-refractivity contribution in [2.24, 2.45) is 0 Å². The third-order valence-corrected chi connectivity index (χ3v) is 1.26. The van der Waals surface area contributed by atoms with Crippen LogP contribution in [0.1, 0.15) is 10.4 Å². The van der Waals surface area contributed by atoms with E-state index in [1.54, 1.807) is 5.92 Å². The van der Waals surface area contributed by atoms with Gasteiger partial charge in [-0.2, -0.15) is 0 Å². The monoisotopic (exact) mass is 166 g/mol. The molecule has 3 heteroatoms. The predicted octanol–water partition coefficient (Wildman–Crippen LogP) is 1.78. The molecule has 0 aliphatic heterocycles. The summed E-state index contributed by atoms with van der Waals surface area (Å²) in [7, 11) is 0. The van der Waals surface area contributed by atoms with E-state index >= 15 is 0 Å². The van der Waals surface area contributed by atoms with Crippen LogP contribution in [0, 0.1) is 24.0 Å². The lowest BCUT2D eigenvalue weighted by Gasteiger charge is -1.94. The van der Waals surface area contributed by atoms with Crippen LogP contribution in [0.3, 0.4) is 0 Å². The fourth-order valence-electron chi connectivity index (χ4n) is 0.768. The zero-order valence-corrected chi connectivity index (χ0v) is 5.97. The number of terminal acetylenes is 1. The van der Waals surface area contributed by atoms with E-state index in [-0.39, 0.29) is 5.56 Å². The average molecular weight is 166 g/mol. The Hall–Kier alpha value is -1.69. The summed E-state index contributed by atoms with van der Waals surface area (Å²) in [5.74, 6) is -0.588. The van der Waals surface area contributed by atoms with E-state index in [2.05, 4.69) is 0 Å². The lowest BCUT2D eigenvalue weighted by molar-refractivity contribution is 0.105. The lowest BCUT2D eigenvalue weighted by atomic mass is 10.1. The third-order valence-electron chi connectivity index (χ3n) is 1.26. The number of Topliss-reactive ketones (excluding diaryl/α,β-unsaturated/α-hetero) is 1. The maximum absolute atomic E-state index is 12.5. The van der Waals surface area contributed by atoms with Crippen LogP contribution >= 0.6 is 0 Å². The van der Waals surface area contributed by atoms with Gasteiger partial charge in [-0.05, 0) is 18.1 Å². The van der Waals surface area contributed by atoms with Crippen LogP contribution < -0.4 is 0 Å². The molecule has 0 saturated carbocycles. The van der Waals surface area contributed by atoms with Crippen LogP contribution in [0.2, 0.25) is 0 Å². The number of rotatable bonds is 1. The second-order valence-corrected chi connectivity index (χ2v) is 2.13. The summed E-state index contributed by atoms with van der Waals surface area (Å²) in [6.45, 7) is 0. The summed E-state index contributed by atoms with van der Waals surface area (Å²) in [4.78, 5) is 10.7. The number of hydrogen-bond acceptors (Lipinski definition) is 1. The highest BCUT2D eigenvalue weighted by Crippen LogP contribution is 2.07. The number of benzene rings is 1. The van der Waals surface area contributed by atoms with Crippen molar-refractivity contribution in [1.82, 2.24) is 0 Å². The fourth-order valence-corrected chi connectivity index (χ4v) is 0.768. The summed E-state index contributed by atoms with van der Waals surface area (Å²) < 4.78 is 24.9. The second kappa shape index (κ2) is 3.14. The predicted molar refractivity (Wildman–Crippen MR) is 39.5 cm³/mol. The van der Waals surface area contributed by atoms with E-state index in [1.807, 2.05) is 0 Å². The molecule has 0 aliphatic rings. The molecule has 60 valence electrons. The molecule has 1 aromatic carbocycles. The van der Waals surface area contributed by atoms with Crippen molar-refractivity contribution in [2.75, 3.05) is 0 Å². The largest absolute Gasteiger partial charge is 0.279 e. The van der Waals surface area contributed by atoms with Crippen LogP contribution in [0.4, 0.5) is 8.78 Å². The summed E-state index contributed by atoms with van der Waals surface area (Å²) in [5.41, 5.74) is -0.144.